The van der Waals surface area contributed by atoms with Gasteiger partial charge in [-0.1, -0.05) is 0 Å². The first-order valence-corrected chi connectivity index (χ1v) is 4.84. The Labute approximate surface area is 87.6 Å². The van der Waals surface area contributed by atoms with Crippen LogP contribution in [-0.4, -0.2) is 30.3 Å². The van der Waals surface area contributed by atoms with E-state index in [4.69, 9.17) is 5.73 Å². The van der Waals surface area contributed by atoms with Crippen LogP contribution >= 0.6 is 0 Å². The van der Waals surface area contributed by atoms with E-state index in [1.807, 2.05) is 0 Å². The molecular formula is C9H15N3O3. The quantitative estimate of drug-likeness (QED) is 0.529. The van der Waals surface area contributed by atoms with Crippen LogP contribution in [0.3, 0.4) is 0 Å². The molecule has 0 aliphatic carbocycles. The second kappa shape index (κ2) is 4.77. The van der Waals surface area contributed by atoms with Crippen LogP contribution in [0.2, 0.25) is 0 Å². The monoisotopic (exact) mass is 213 g/mol. The average molecular weight is 213 g/mol. The molecular weight excluding hydrogens is 198 g/mol. The van der Waals surface area contributed by atoms with Gasteiger partial charge in [-0.15, -0.1) is 0 Å². The number of carbonyl (C=O) groups excluding carboxylic acids is 3. The molecule has 0 saturated carbocycles. The summed E-state index contributed by atoms with van der Waals surface area (Å²) in [5.41, 5.74) is 4.99. The summed E-state index contributed by atoms with van der Waals surface area (Å²) < 4.78 is 0. The summed E-state index contributed by atoms with van der Waals surface area (Å²) in [5.74, 6) is -1.10. The van der Waals surface area contributed by atoms with Gasteiger partial charge in [0, 0.05) is 25.4 Å². The molecule has 1 heterocycles. The first kappa shape index (κ1) is 11.5. The van der Waals surface area contributed by atoms with Gasteiger partial charge in [0.15, 0.2) is 0 Å². The fourth-order valence-electron chi connectivity index (χ4n) is 1.50. The summed E-state index contributed by atoms with van der Waals surface area (Å²) in [7, 11) is 0. The van der Waals surface area contributed by atoms with E-state index in [1.165, 1.54) is 0 Å². The first-order valence-electron chi connectivity index (χ1n) is 4.84. The van der Waals surface area contributed by atoms with Crippen molar-refractivity contribution in [3.8, 4) is 0 Å². The summed E-state index contributed by atoms with van der Waals surface area (Å²) >= 11 is 0. The van der Waals surface area contributed by atoms with Gasteiger partial charge in [0.05, 0.1) is 5.92 Å². The van der Waals surface area contributed by atoms with Crippen molar-refractivity contribution in [3.05, 3.63) is 0 Å². The van der Waals surface area contributed by atoms with Crippen LogP contribution in [0.15, 0.2) is 0 Å². The Hall–Kier alpha value is -1.59. The zero-order chi connectivity index (χ0) is 11.4. The maximum atomic E-state index is 11.5. The van der Waals surface area contributed by atoms with Crippen molar-refractivity contribution >= 4 is 17.7 Å². The molecule has 0 bridgehead atoms. The Bertz CT molecular complexity index is 290. The maximum Gasteiger partial charge on any atom is 0.225 e. The Morgan fingerprint density at radius 1 is 1.67 bits per heavy atom. The van der Waals surface area contributed by atoms with Crippen molar-refractivity contribution in [1.82, 2.24) is 10.6 Å². The molecule has 2 unspecified atom stereocenters. The minimum Gasteiger partial charge on any atom is -0.370 e. The van der Waals surface area contributed by atoms with Gasteiger partial charge < -0.3 is 16.4 Å². The number of nitrogens with two attached hydrogens (primary N) is 1. The molecule has 84 valence electrons. The highest BCUT2D eigenvalue weighted by atomic mass is 16.2. The third-order valence-corrected chi connectivity index (χ3v) is 2.24. The summed E-state index contributed by atoms with van der Waals surface area (Å²) in [6.45, 7) is 2.07. The molecule has 2 atom stereocenters. The van der Waals surface area contributed by atoms with Crippen LogP contribution in [0.5, 0.6) is 0 Å². The Balaban J connectivity index is 2.35. The minimum atomic E-state index is -0.455. The number of carbonyl (C=O) groups is 3. The second-order valence-electron chi connectivity index (χ2n) is 3.79. The summed E-state index contributed by atoms with van der Waals surface area (Å²) in [5, 5.41) is 5.21. The molecule has 6 nitrogen and oxygen atoms in total. The van der Waals surface area contributed by atoms with Gasteiger partial charge >= 0.3 is 0 Å². The summed E-state index contributed by atoms with van der Waals surface area (Å²) in [6, 6.07) is -0.286. The zero-order valence-electron chi connectivity index (χ0n) is 8.58. The van der Waals surface area contributed by atoms with Crippen molar-refractivity contribution in [2.75, 3.05) is 6.54 Å². The van der Waals surface area contributed by atoms with E-state index < -0.39 is 5.91 Å². The van der Waals surface area contributed by atoms with Gasteiger partial charge in [0.2, 0.25) is 17.7 Å². The molecule has 1 fully saturated rings. The maximum absolute atomic E-state index is 11.5. The van der Waals surface area contributed by atoms with E-state index in [-0.39, 0.29) is 36.6 Å². The molecule has 15 heavy (non-hydrogen) atoms. The summed E-state index contributed by atoms with van der Waals surface area (Å²) in [6.07, 6.45) is 0.328. The van der Waals surface area contributed by atoms with Gasteiger partial charge in [-0.25, -0.2) is 0 Å². The highest BCUT2D eigenvalue weighted by Crippen LogP contribution is 2.09. The molecule has 0 aromatic rings. The van der Waals surface area contributed by atoms with Crippen LogP contribution in [0.4, 0.5) is 0 Å². The van der Waals surface area contributed by atoms with E-state index >= 15 is 0 Å². The SMILES string of the molecule is CC(CC(N)=O)NC(=O)C1CNC(=O)C1. The number of amides is 3. The molecule has 0 radical (unpaired) electrons. The lowest BCUT2D eigenvalue weighted by Gasteiger charge is -2.14. The molecule has 1 rings (SSSR count). The van der Waals surface area contributed by atoms with Crippen molar-refractivity contribution < 1.29 is 14.4 Å². The fraction of sp³-hybridized carbons (Fsp3) is 0.667. The highest BCUT2D eigenvalue weighted by Gasteiger charge is 2.28. The van der Waals surface area contributed by atoms with E-state index in [1.54, 1.807) is 6.92 Å². The Kier molecular flexibility index (Phi) is 3.65. The topological polar surface area (TPSA) is 101 Å². The summed E-state index contributed by atoms with van der Waals surface area (Å²) in [4.78, 5) is 33.0. The predicted octanol–water partition coefficient (Wildman–Crippen LogP) is -1.50. The molecule has 3 amide bonds. The molecule has 0 spiro atoms. The minimum absolute atomic E-state index is 0.111. The van der Waals surface area contributed by atoms with E-state index in [9.17, 15) is 14.4 Å². The van der Waals surface area contributed by atoms with Gasteiger partial charge in [0.1, 0.15) is 0 Å². The van der Waals surface area contributed by atoms with Crippen LogP contribution < -0.4 is 16.4 Å². The molecule has 1 aliphatic rings. The largest absolute Gasteiger partial charge is 0.370 e. The first-order chi connectivity index (χ1) is 6.99. The van der Waals surface area contributed by atoms with Crippen molar-refractivity contribution in [3.63, 3.8) is 0 Å². The number of hydrogen-bond acceptors (Lipinski definition) is 3. The zero-order valence-corrected chi connectivity index (χ0v) is 8.58. The second-order valence-corrected chi connectivity index (χ2v) is 3.79. The molecule has 1 saturated heterocycles. The predicted molar refractivity (Wildman–Crippen MR) is 52.5 cm³/mol. The standard InChI is InChI=1S/C9H15N3O3/c1-5(2-7(10)13)12-9(15)6-3-8(14)11-4-6/h5-6H,2-4H2,1H3,(H2,10,13)(H,11,14)(H,12,15). The van der Waals surface area contributed by atoms with E-state index in [2.05, 4.69) is 10.6 Å². The van der Waals surface area contributed by atoms with Gasteiger partial charge in [0.25, 0.3) is 0 Å². The van der Waals surface area contributed by atoms with Crippen LogP contribution in [-0.2, 0) is 14.4 Å². The van der Waals surface area contributed by atoms with Gasteiger partial charge in [-0.05, 0) is 6.92 Å². The van der Waals surface area contributed by atoms with E-state index in [0.29, 0.717) is 6.54 Å². The normalized spacial score (nSPS) is 21.9. The number of primary amides is 1. The Morgan fingerprint density at radius 3 is 2.80 bits per heavy atom. The smallest absolute Gasteiger partial charge is 0.225 e. The van der Waals surface area contributed by atoms with Crippen LogP contribution in [0, 0.1) is 5.92 Å². The fourth-order valence-corrected chi connectivity index (χ4v) is 1.50. The third-order valence-electron chi connectivity index (χ3n) is 2.24. The Morgan fingerprint density at radius 2 is 2.33 bits per heavy atom. The molecule has 4 N–H and O–H groups in total. The van der Waals surface area contributed by atoms with E-state index in [0.717, 1.165) is 0 Å². The number of rotatable bonds is 4. The molecule has 0 aromatic carbocycles. The lowest BCUT2D eigenvalue weighted by atomic mass is 10.1. The number of hydrogen-bond donors (Lipinski definition) is 3. The van der Waals surface area contributed by atoms with Crippen LogP contribution in [0.25, 0.3) is 0 Å². The average Bonchev–Trinajstić information content (AvgIpc) is 2.49. The molecule has 0 aromatic heterocycles. The highest BCUT2D eigenvalue weighted by molar-refractivity contribution is 5.89. The molecule has 6 heteroatoms. The van der Waals surface area contributed by atoms with Gasteiger partial charge in [-0.2, -0.15) is 0 Å². The third kappa shape index (κ3) is 3.57. The van der Waals surface area contributed by atoms with Crippen LogP contribution in [0.1, 0.15) is 19.8 Å². The van der Waals surface area contributed by atoms with Gasteiger partial charge in [-0.3, -0.25) is 14.4 Å². The molecule has 1 aliphatic heterocycles. The van der Waals surface area contributed by atoms with Crippen molar-refractivity contribution in [1.29, 1.82) is 0 Å². The lowest BCUT2D eigenvalue weighted by molar-refractivity contribution is -0.127. The number of nitrogens with one attached hydrogen (secondary N) is 2. The lowest BCUT2D eigenvalue weighted by Crippen LogP contribution is -2.39. The van der Waals surface area contributed by atoms with Crippen molar-refractivity contribution in [2.24, 2.45) is 11.7 Å². The van der Waals surface area contributed by atoms with Crippen molar-refractivity contribution in [2.45, 2.75) is 25.8 Å².